The summed E-state index contributed by atoms with van der Waals surface area (Å²) in [6.45, 7) is 0. The van der Waals surface area contributed by atoms with Gasteiger partial charge in [-0.15, -0.1) is 0 Å². The third kappa shape index (κ3) is 8.83. The van der Waals surface area contributed by atoms with Crippen LogP contribution in [0.1, 0.15) is 0 Å². The minimum Gasteiger partial charge on any atom is 0 e. The number of rotatable bonds is 0. The molecule has 0 aromatic heterocycles. The largest absolute Gasteiger partial charge is 0 e. The SMILES string of the molecule is [B].[Bi].[Re].[Te]. The van der Waals surface area contributed by atoms with Gasteiger partial charge in [0.05, 0.1) is 0 Å². The fourth-order valence-electron chi connectivity index (χ4n) is 0. The zero-order valence-electron chi connectivity index (χ0n) is 1.81. The summed E-state index contributed by atoms with van der Waals surface area (Å²) in [5.41, 5.74) is 0. The zero-order chi connectivity index (χ0) is 0. The Morgan fingerprint density at radius 1 is 1.00 bits per heavy atom. The molecule has 0 fully saturated rings. The van der Waals surface area contributed by atoms with Crippen LogP contribution in [0, 0.1) is 0 Å². The van der Waals surface area contributed by atoms with Crippen molar-refractivity contribution >= 4 is 58.3 Å². The maximum absolute atomic E-state index is 0. The Labute approximate surface area is 77.6 Å². The summed E-state index contributed by atoms with van der Waals surface area (Å²) in [5.74, 6) is 0. The molecule has 0 saturated carbocycles. The van der Waals surface area contributed by atoms with E-state index in [2.05, 4.69) is 0 Å². The third-order valence-electron chi connectivity index (χ3n) is 0. The zero-order valence-corrected chi connectivity index (χ0v) is 10.3. The molecular weight excluding hydrogens is 534 g/mol. The fraction of sp³-hybridized carbons (Fsp3) is 0. The average Bonchev–Trinajstić information content (AvgIpc) is 0. The van der Waals surface area contributed by atoms with Crippen LogP contribution in [0.5, 0.6) is 0 Å². The van der Waals surface area contributed by atoms with Crippen LogP contribution in [0.2, 0.25) is 0 Å². The summed E-state index contributed by atoms with van der Waals surface area (Å²) < 4.78 is 0. The molecule has 0 amide bonds. The standard InChI is InChI=1S/B.Bi.Re.Te. The number of hydrogen-bond acceptors (Lipinski definition) is 0. The molecule has 0 aromatic carbocycles. The van der Waals surface area contributed by atoms with E-state index in [9.17, 15) is 0 Å². The Hall–Kier alpha value is 2.40. The summed E-state index contributed by atoms with van der Waals surface area (Å²) in [6, 6.07) is 0. The van der Waals surface area contributed by atoms with Crippen molar-refractivity contribution in [2.24, 2.45) is 0 Å². The van der Waals surface area contributed by atoms with E-state index < -0.39 is 0 Å². The molecule has 0 aliphatic heterocycles. The van der Waals surface area contributed by atoms with Crippen molar-refractivity contribution in [3.63, 3.8) is 0 Å². The van der Waals surface area contributed by atoms with Gasteiger partial charge in [0, 0.05) is 78.7 Å². The van der Waals surface area contributed by atoms with E-state index in [1.165, 1.54) is 0 Å². The maximum Gasteiger partial charge on any atom is 0 e. The first-order valence-corrected chi connectivity index (χ1v) is 0. The minimum atomic E-state index is 0. The molecule has 0 spiro atoms. The Bertz CT molecular complexity index is 8.00. The van der Waals surface area contributed by atoms with E-state index in [0.717, 1.165) is 0 Å². The van der Waals surface area contributed by atoms with Crippen molar-refractivity contribution in [3.8, 4) is 0 Å². The monoisotopic (exact) mass is 537 g/mol. The predicted molar refractivity (Wildman–Crippen MR) is 17.3 cm³/mol. The van der Waals surface area contributed by atoms with Crippen LogP contribution in [0.3, 0.4) is 0 Å². The van der Waals surface area contributed by atoms with Gasteiger partial charge in [0.15, 0.2) is 0 Å². The summed E-state index contributed by atoms with van der Waals surface area (Å²) in [6.07, 6.45) is 0. The molecule has 0 rings (SSSR count). The second-order valence-electron chi connectivity index (χ2n) is 0. The van der Waals surface area contributed by atoms with E-state index in [1.807, 2.05) is 0 Å². The van der Waals surface area contributed by atoms with Gasteiger partial charge < -0.3 is 0 Å². The van der Waals surface area contributed by atoms with E-state index in [-0.39, 0.29) is 78.7 Å². The number of hydrogen-bond donors (Lipinski definition) is 0. The van der Waals surface area contributed by atoms with Crippen molar-refractivity contribution < 1.29 is 20.4 Å². The summed E-state index contributed by atoms with van der Waals surface area (Å²) in [7, 11) is 0. The quantitative estimate of drug-likeness (QED) is 0.346. The molecule has 21 valence electrons. The summed E-state index contributed by atoms with van der Waals surface area (Å²) in [5, 5.41) is 0. The molecule has 0 unspecified atom stereocenters. The normalized spacial score (nSPS) is 0. The average molecular weight is 534 g/mol. The maximum atomic E-state index is 0. The topological polar surface area (TPSA) is 0 Å². The van der Waals surface area contributed by atoms with Gasteiger partial charge in [-0.05, 0) is 0 Å². The molecule has 0 bridgehead atoms. The van der Waals surface area contributed by atoms with Gasteiger partial charge in [0.25, 0.3) is 0 Å². The third-order valence-corrected chi connectivity index (χ3v) is 0. The van der Waals surface area contributed by atoms with Crippen LogP contribution < -0.4 is 0 Å². The Morgan fingerprint density at radius 3 is 1.00 bits per heavy atom. The van der Waals surface area contributed by atoms with Gasteiger partial charge in [-0.2, -0.15) is 0 Å². The van der Waals surface area contributed by atoms with Crippen LogP contribution in [0.4, 0.5) is 0 Å². The first-order valence-electron chi connectivity index (χ1n) is 0. The molecule has 9 radical (unpaired) electrons. The van der Waals surface area contributed by atoms with Gasteiger partial charge >= 0.3 is 0 Å². The van der Waals surface area contributed by atoms with Gasteiger partial charge in [-0.25, -0.2) is 0 Å². The van der Waals surface area contributed by atoms with Crippen molar-refractivity contribution in [1.82, 2.24) is 0 Å². The molecule has 0 N–H and O–H groups in total. The first-order chi connectivity index (χ1) is 0. The molecule has 0 heterocycles. The van der Waals surface area contributed by atoms with E-state index in [1.54, 1.807) is 0 Å². The summed E-state index contributed by atoms with van der Waals surface area (Å²) in [4.78, 5) is 0. The second-order valence-corrected chi connectivity index (χ2v) is 0. The Kier molecular flexibility index (Phi) is 147. The van der Waals surface area contributed by atoms with Crippen molar-refractivity contribution in [2.45, 2.75) is 0 Å². The molecular formula is BBiReTe. The molecule has 4 heavy (non-hydrogen) atoms. The van der Waals surface area contributed by atoms with Gasteiger partial charge in [0.2, 0.25) is 0 Å². The molecule has 0 aliphatic rings. The second kappa shape index (κ2) is 18.2. The molecule has 4 heteroatoms. The van der Waals surface area contributed by atoms with Crippen molar-refractivity contribution in [3.05, 3.63) is 0 Å². The minimum absolute atomic E-state index is 0. The van der Waals surface area contributed by atoms with Crippen LogP contribution >= 0.6 is 0 Å². The first kappa shape index (κ1) is 32.4. The molecule has 0 nitrogen and oxygen atoms in total. The summed E-state index contributed by atoms with van der Waals surface area (Å²) >= 11 is 0. The van der Waals surface area contributed by atoms with Crippen LogP contribution in [-0.2, 0) is 20.4 Å². The van der Waals surface area contributed by atoms with Crippen molar-refractivity contribution in [1.29, 1.82) is 0 Å². The van der Waals surface area contributed by atoms with Crippen LogP contribution in [0.25, 0.3) is 0 Å². The van der Waals surface area contributed by atoms with Gasteiger partial charge in [-0.3, -0.25) is 0 Å². The van der Waals surface area contributed by atoms with Crippen LogP contribution in [-0.4, -0.2) is 58.3 Å². The predicted octanol–water partition coefficient (Wildman–Crippen LogP) is -1.14. The fourth-order valence-corrected chi connectivity index (χ4v) is 0. The van der Waals surface area contributed by atoms with E-state index >= 15 is 0 Å². The smallest absolute Gasteiger partial charge is 0 e. The molecule has 0 saturated heterocycles. The van der Waals surface area contributed by atoms with E-state index in [4.69, 9.17) is 0 Å². The molecule has 0 atom stereocenters. The van der Waals surface area contributed by atoms with Gasteiger partial charge in [0.1, 0.15) is 0 Å². The van der Waals surface area contributed by atoms with Gasteiger partial charge in [-0.1, -0.05) is 0 Å². The Balaban J connectivity index is 0. The molecule has 0 aromatic rings. The molecule has 0 aliphatic carbocycles. The van der Waals surface area contributed by atoms with E-state index in [0.29, 0.717) is 0 Å². The Morgan fingerprint density at radius 2 is 1.00 bits per heavy atom. The van der Waals surface area contributed by atoms with Crippen molar-refractivity contribution in [2.75, 3.05) is 0 Å². The van der Waals surface area contributed by atoms with Crippen LogP contribution in [0.15, 0.2) is 0 Å².